The standard InChI is InChI=1S/C7H8.C5H10O.H2O/c1-7-5-3-2-4-6-7;1-5-3-2-4-6-5;/h2-6H,1H3;5H,2-4H2,1H3;1H2. The Labute approximate surface area is 86.2 Å². The summed E-state index contributed by atoms with van der Waals surface area (Å²) in [4.78, 5) is 0. The molecule has 0 aromatic heterocycles. The van der Waals surface area contributed by atoms with Gasteiger partial charge in [-0.05, 0) is 26.7 Å². The summed E-state index contributed by atoms with van der Waals surface area (Å²) in [5.41, 5.74) is 1.32. The summed E-state index contributed by atoms with van der Waals surface area (Å²) in [5.74, 6) is 0. The molecule has 0 amide bonds. The highest BCUT2D eigenvalue weighted by molar-refractivity contribution is 5.11. The molecule has 80 valence electrons. The Morgan fingerprint density at radius 3 is 2.07 bits per heavy atom. The Balaban J connectivity index is 0.000000227. The first-order valence-electron chi connectivity index (χ1n) is 4.92. The van der Waals surface area contributed by atoms with Gasteiger partial charge in [-0.2, -0.15) is 0 Å². The summed E-state index contributed by atoms with van der Waals surface area (Å²) in [5, 5.41) is 0. The zero-order valence-corrected chi connectivity index (χ0v) is 8.99. The molecule has 0 radical (unpaired) electrons. The van der Waals surface area contributed by atoms with Gasteiger partial charge in [-0.15, -0.1) is 0 Å². The number of rotatable bonds is 0. The average molecular weight is 196 g/mol. The third-order valence-electron chi connectivity index (χ3n) is 2.10. The molecule has 1 aliphatic rings. The minimum atomic E-state index is 0. The Morgan fingerprint density at radius 2 is 1.86 bits per heavy atom. The maximum absolute atomic E-state index is 5.15. The van der Waals surface area contributed by atoms with Crippen LogP contribution in [0.3, 0.4) is 0 Å². The zero-order chi connectivity index (χ0) is 9.52. The van der Waals surface area contributed by atoms with Crippen LogP contribution >= 0.6 is 0 Å². The number of benzene rings is 1. The van der Waals surface area contributed by atoms with Gasteiger partial charge in [-0.3, -0.25) is 0 Å². The SMILES string of the molecule is CC1CCCO1.Cc1ccccc1.O. The summed E-state index contributed by atoms with van der Waals surface area (Å²) >= 11 is 0. The minimum absolute atomic E-state index is 0. The molecule has 2 N–H and O–H groups in total. The first kappa shape index (κ1) is 13.1. The lowest BCUT2D eigenvalue weighted by Crippen LogP contribution is -1.94. The molecule has 0 bridgehead atoms. The van der Waals surface area contributed by atoms with Gasteiger partial charge in [0.15, 0.2) is 0 Å². The van der Waals surface area contributed by atoms with Crippen LogP contribution in [-0.2, 0) is 4.74 Å². The molecule has 0 saturated carbocycles. The van der Waals surface area contributed by atoms with Gasteiger partial charge in [-0.25, -0.2) is 0 Å². The summed E-state index contributed by atoms with van der Waals surface area (Å²) in [6.07, 6.45) is 3.08. The van der Waals surface area contributed by atoms with E-state index in [0.717, 1.165) is 6.61 Å². The predicted molar refractivity (Wildman–Crippen MR) is 59.4 cm³/mol. The van der Waals surface area contributed by atoms with Gasteiger partial charge in [0.05, 0.1) is 6.10 Å². The molecule has 1 aromatic rings. The third-order valence-corrected chi connectivity index (χ3v) is 2.10. The maximum atomic E-state index is 5.15. The molecule has 1 unspecified atom stereocenters. The summed E-state index contributed by atoms with van der Waals surface area (Å²) < 4.78 is 5.15. The van der Waals surface area contributed by atoms with Gasteiger partial charge >= 0.3 is 0 Å². The molecule has 2 rings (SSSR count). The van der Waals surface area contributed by atoms with Crippen LogP contribution in [-0.4, -0.2) is 18.2 Å². The van der Waals surface area contributed by atoms with Crippen LogP contribution in [0, 0.1) is 6.92 Å². The summed E-state index contributed by atoms with van der Waals surface area (Å²) in [6.45, 7) is 5.19. The third kappa shape index (κ3) is 5.73. The van der Waals surface area contributed by atoms with Crippen molar-refractivity contribution in [1.29, 1.82) is 0 Å². The number of aryl methyl sites for hydroxylation is 1. The molecule has 0 spiro atoms. The first-order chi connectivity index (χ1) is 6.29. The molecular formula is C12H20O2. The molecule has 1 heterocycles. The normalized spacial score (nSPS) is 19.1. The van der Waals surface area contributed by atoms with E-state index < -0.39 is 0 Å². The van der Waals surface area contributed by atoms with Crippen molar-refractivity contribution in [2.24, 2.45) is 0 Å². The van der Waals surface area contributed by atoms with Gasteiger partial charge in [0, 0.05) is 6.61 Å². The second-order valence-corrected chi connectivity index (χ2v) is 3.48. The van der Waals surface area contributed by atoms with Crippen molar-refractivity contribution in [2.45, 2.75) is 32.8 Å². The van der Waals surface area contributed by atoms with E-state index in [-0.39, 0.29) is 5.48 Å². The van der Waals surface area contributed by atoms with Gasteiger partial charge < -0.3 is 10.2 Å². The number of hydrogen-bond donors (Lipinski definition) is 0. The van der Waals surface area contributed by atoms with Crippen molar-refractivity contribution in [1.82, 2.24) is 0 Å². The highest BCUT2D eigenvalue weighted by atomic mass is 16.5. The van der Waals surface area contributed by atoms with Crippen molar-refractivity contribution < 1.29 is 10.2 Å². The highest BCUT2D eigenvalue weighted by Gasteiger charge is 2.07. The van der Waals surface area contributed by atoms with Crippen LogP contribution in [0.25, 0.3) is 0 Å². The van der Waals surface area contributed by atoms with Crippen LogP contribution in [0.5, 0.6) is 0 Å². The fraction of sp³-hybridized carbons (Fsp3) is 0.500. The quantitative estimate of drug-likeness (QED) is 0.628. The van der Waals surface area contributed by atoms with E-state index in [0.29, 0.717) is 6.10 Å². The van der Waals surface area contributed by atoms with Gasteiger partial charge in [0.2, 0.25) is 0 Å². The molecule has 1 aliphatic heterocycles. The fourth-order valence-corrected chi connectivity index (χ4v) is 1.27. The number of hydrogen-bond acceptors (Lipinski definition) is 1. The molecule has 2 heteroatoms. The largest absolute Gasteiger partial charge is 0.412 e. The van der Waals surface area contributed by atoms with Crippen LogP contribution in [0.2, 0.25) is 0 Å². The van der Waals surface area contributed by atoms with E-state index >= 15 is 0 Å². The van der Waals surface area contributed by atoms with Crippen molar-refractivity contribution >= 4 is 0 Å². The monoisotopic (exact) mass is 196 g/mol. The van der Waals surface area contributed by atoms with E-state index in [4.69, 9.17) is 4.74 Å². The Morgan fingerprint density at radius 1 is 1.21 bits per heavy atom. The molecule has 1 aromatic carbocycles. The second kappa shape index (κ2) is 7.54. The zero-order valence-electron chi connectivity index (χ0n) is 8.99. The lowest BCUT2D eigenvalue weighted by molar-refractivity contribution is 0.125. The minimum Gasteiger partial charge on any atom is -0.412 e. The van der Waals surface area contributed by atoms with E-state index in [9.17, 15) is 0 Å². The van der Waals surface area contributed by atoms with E-state index in [1.807, 2.05) is 18.2 Å². The van der Waals surface area contributed by atoms with Crippen molar-refractivity contribution in [3.8, 4) is 0 Å². The van der Waals surface area contributed by atoms with E-state index in [1.165, 1.54) is 18.4 Å². The molecule has 1 fully saturated rings. The lowest BCUT2D eigenvalue weighted by atomic mass is 10.2. The van der Waals surface area contributed by atoms with Crippen LogP contribution in [0.1, 0.15) is 25.3 Å². The van der Waals surface area contributed by atoms with Gasteiger partial charge in [0.1, 0.15) is 0 Å². The Hall–Kier alpha value is -0.860. The van der Waals surface area contributed by atoms with E-state index in [1.54, 1.807) is 0 Å². The predicted octanol–water partition coefficient (Wildman–Crippen LogP) is 2.36. The number of ether oxygens (including phenoxy) is 1. The Bertz CT molecular complexity index is 215. The molecule has 1 atom stereocenters. The molecule has 2 nitrogen and oxygen atoms in total. The average Bonchev–Trinajstić information content (AvgIpc) is 2.58. The molecule has 1 saturated heterocycles. The van der Waals surface area contributed by atoms with Crippen LogP contribution < -0.4 is 0 Å². The maximum Gasteiger partial charge on any atom is 0.0547 e. The summed E-state index contributed by atoms with van der Waals surface area (Å²) in [7, 11) is 0. The first-order valence-corrected chi connectivity index (χ1v) is 4.92. The highest BCUT2D eigenvalue weighted by Crippen LogP contribution is 2.09. The van der Waals surface area contributed by atoms with Crippen molar-refractivity contribution in [3.05, 3.63) is 35.9 Å². The lowest BCUT2D eigenvalue weighted by Gasteiger charge is -1.94. The fourth-order valence-electron chi connectivity index (χ4n) is 1.27. The Kier molecular flexibility index (Phi) is 7.07. The molecular weight excluding hydrogens is 176 g/mol. The summed E-state index contributed by atoms with van der Waals surface area (Å²) in [6, 6.07) is 10.3. The topological polar surface area (TPSA) is 40.7 Å². The van der Waals surface area contributed by atoms with Crippen LogP contribution in [0.15, 0.2) is 30.3 Å². The second-order valence-electron chi connectivity index (χ2n) is 3.48. The van der Waals surface area contributed by atoms with Gasteiger partial charge in [-0.1, -0.05) is 35.9 Å². The molecule has 0 aliphatic carbocycles. The molecule has 14 heavy (non-hydrogen) atoms. The smallest absolute Gasteiger partial charge is 0.0547 e. The van der Waals surface area contributed by atoms with Gasteiger partial charge in [0.25, 0.3) is 0 Å². The van der Waals surface area contributed by atoms with Crippen molar-refractivity contribution in [2.75, 3.05) is 6.61 Å². The van der Waals surface area contributed by atoms with Crippen LogP contribution in [0.4, 0.5) is 0 Å². The van der Waals surface area contributed by atoms with E-state index in [2.05, 4.69) is 26.0 Å². The van der Waals surface area contributed by atoms with Crippen molar-refractivity contribution in [3.63, 3.8) is 0 Å².